The van der Waals surface area contributed by atoms with Crippen molar-refractivity contribution in [1.29, 1.82) is 5.41 Å². The Hall–Kier alpha value is -3.42. The lowest BCUT2D eigenvalue weighted by Gasteiger charge is -2.39. The van der Waals surface area contributed by atoms with Gasteiger partial charge in [-0.2, -0.15) is 0 Å². The zero-order valence-corrected chi connectivity index (χ0v) is 15.5. The van der Waals surface area contributed by atoms with Crippen LogP contribution in [0.3, 0.4) is 0 Å². The zero-order valence-electron chi connectivity index (χ0n) is 15.5. The molecule has 1 atom stereocenters. The number of ether oxygens (including phenoxy) is 1. The second kappa shape index (κ2) is 7.90. The smallest absolute Gasteiger partial charge is 0.318 e. The minimum absolute atomic E-state index is 0.124. The molecule has 3 N–H and O–H groups in total. The SMILES string of the molecule is N=CCC(NC(=O)N1CC(Oc2ccc3cc[nH]c3c2)C1)c1cc(F)cc(F)c1. The molecule has 0 saturated carbocycles. The van der Waals surface area contributed by atoms with Gasteiger partial charge in [-0.3, -0.25) is 0 Å². The van der Waals surface area contributed by atoms with Gasteiger partial charge in [0, 0.05) is 30.3 Å². The number of halogens is 2. The standard InChI is InChI=1S/C21H20F2N4O2/c22-15-7-14(8-16(23)9-15)19(3-5-24)26-21(28)27-11-18(12-27)29-17-2-1-13-4-6-25-20(13)10-17/h1-2,4-10,18-19,24-25H,3,11-12H2,(H,26,28). The van der Waals surface area contributed by atoms with Crippen LogP contribution in [-0.4, -0.2) is 41.3 Å². The average molecular weight is 398 g/mol. The highest BCUT2D eigenvalue weighted by Gasteiger charge is 2.33. The molecule has 3 aromatic rings. The van der Waals surface area contributed by atoms with Crippen molar-refractivity contribution < 1.29 is 18.3 Å². The van der Waals surface area contributed by atoms with Crippen molar-refractivity contribution in [1.82, 2.24) is 15.2 Å². The lowest BCUT2D eigenvalue weighted by molar-refractivity contribution is 0.0436. The van der Waals surface area contributed by atoms with Crippen LogP contribution in [0, 0.1) is 17.0 Å². The topological polar surface area (TPSA) is 81.2 Å². The molecule has 0 aliphatic carbocycles. The van der Waals surface area contributed by atoms with Crippen LogP contribution < -0.4 is 10.1 Å². The number of urea groups is 1. The van der Waals surface area contributed by atoms with E-state index in [0.29, 0.717) is 13.1 Å². The number of hydrogen-bond donors (Lipinski definition) is 3. The van der Waals surface area contributed by atoms with Crippen molar-refractivity contribution in [3.63, 3.8) is 0 Å². The molecule has 0 radical (unpaired) electrons. The largest absolute Gasteiger partial charge is 0.487 e. The highest BCUT2D eigenvalue weighted by Crippen LogP contribution is 2.24. The second-order valence-electron chi connectivity index (χ2n) is 7.02. The summed E-state index contributed by atoms with van der Waals surface area (Å²) in [5.74, 6) is -0.719. The number of likely N-dealkylation sites (tertiary alicyclic amines) is 1. The van der Waals surface area contributed by atoms with E-state index in [1.165, 1.54) is 0 Å². The van der Waals surface area contributed by atoms with Gasteiger partial charge < -0.3 is 25.3 Å². The third-order valence-electron chi connectivity index (χ3n) is 4.90. The van der Waals surface area contributed by atoms with E-state index < -0.39 is 17.7 Å². The van der Waals surface area contributed by atoms with Gasteiger partial charge in [-0.15, -0.1) is 0 Å². The first-order chi connectivity index (χ1) is 14.0. The third kappa shape index (κ3) is 4.21. The monoisotopic (exact) mass is 398 g/mol. The van der Waals surface area contributed by atoms with Gasteiger partial charge in [0.05, 0.1) is 19.1 Å². The number of fused-ring (bicyclic) bond motifs is 1. The van der Waals surface area contributed by atoms with Crippen LogP contribution in [0.1, 0.15) is 18.0 Å². The average Bonchev–Trinajstić information content (AvgIpc) is 3.10. The second-order valence-corrected chi connectivity index (χ2v) is 7.02. The van der Waals surface area contributed by atoms with Crippen molar-refractivity contribution in [2.75, 3.05) is 13.1 Å². The lowest BCUT2D eigenvalue weighted by atomic mass is 10.0. The first-order valence-corrected chi connectivity index (χ1v) is 9.26. The molecule has 1 fully saturated rings. The maximum absolute atomic E-state index is 13.5. The van der Waals surface area contributed by atoms with Crippen LogP contribution in [0.2, 0.25) is 0 Å². The van der Waals surface area contributed by atoms with E-state index in [1.807, 2.05) is 30.5 Å². The first-order valence-electron chi connectivity index (χ1n) is 9.26. The molecule has 29 heavy (non-hydrogen) atoms. The van der Waals surface area contributed by atoms with Gasteiger partial charge in [0.2, 0.25) is 0 Å². The summed E-state index contributed by atoms with van der Waals surface area (Å²) in [4.78, 5) is 17.2. The van der Waals surface area contributed by atoms with Crippen molar-refractivity contribution >= 4 is 23.1 Å². The number of hydrogen-bond acceptors (Lipinski definition) is 3. The van der Waals surface area contributed by atoms with Crippen molar-refractivity contribution in [3.8, 4) is 5.75 Å². The lowest BCUT2D eigenvalue weighted by Crippen LogP contribution is -2.59. The molecule has 2 heterocycles. The molecule has 150 valence electrons. The van der Waals surface area contributed by atoms with Gasteiger partial charge >= 0.3 is 6.03 Å². The van der Waals surface area contributed by atoms with Crippen molar-refractivity contribution in [2.45, 2.75) is 18.6 Å². The third-order valence-corrected chi connectivity index (χ3v) is 4.90. The fourth-order valence-corrected chi connectivity index (χ4v) is 3.38. The molecule has 0 bridgehead atoms. The number of carbonyl (C=O) groups excluding carboxylic acids is 1. The van der Waals surface area contributed by atoms with Gasteiger partial charge in [0.1, 0.15) is 23.5 Å². The van der Waals surface area contributed by atoms with E-state index in [-0.39, 0.29) is 24.1 Å². The summed E-state index contributed by atoms with van der Waals surface area (Å²) in [6.07, 6.45) is 2.98. The number of rotatable bonds is 6. The number of carbonyl (C=O) groups is 1. The molecule has 1 saturated heterocycles. The summed E-state index contributed by atoms with van der Waals surface area (Å²) in [7, 11) is 0. The predicted molar refractivity (Wildman–Crippen MR) is 105 cm³/mol. The van der Waals surface area contributed by atoms with Gasteiger partial charge in [-0.1, -0.05) is 0 Å². The van der Waals surface area contributed by atoms with Gasteiger partial charge in [-0.25, -0.2) is 13.6 Å². The van der Waals surface area contributed by atoms with Crippen molar-refractivity contribution in [3.05, 3.63) is 65.9 Å². The van der Waals surface area contributed by atoms with E-state index >= 15 is 0 Å². The van der Waals surface area contributed by atoms with E-state index in [0.717, 1.165) is 41.1 Å². The van der Waals surface area contributed by atoms with E-state index in [4.69, 9.17) is 10.1 Å². The molecular weight excluding hydrogens is 378 g/mol. The Morgan fingerprint density at radius 2 is 2.00 bits per heavy atom. The number of nitrogens with zero attached hydrogens (tertiary/aromatic N) is 1. The van der Waals surface area contributed by atoms with Crippen LogP contribution in [0.15, 0.2) is 48.7 Å². The maximum atomic E-state index is 13.5. The van der Waals surface area contributed by atoms with Gasteiger partial charge in [0.25, 0.3) is 0 Å². The summed E-state index contributed by atoms with van der Waals surface area (Å²) in [6, 6.07) is 9.80. The Labute approximate surface area is 166 Å². The number of H-pyrrole nitrogens is 1. The summed E-state index contributed by atoms with van der Waals surface area (Å²) >= 11 is 0. The van der Waals surface area contributed by atoms with E-state index in [1.54, 1.807) is 4.90 Å². The van der Waals surface area contributed by atoms with E-state index in [9.17, 15) is 13.6 Å². The number of aromatic nitrogens is 1. The molecule has 2 amide bonds. The summed E-state index contributed by atoms with van der Waals surface area (Å²) in [6.45, 7) is 0.812. The fraction of sp³-hybridized carbons (Fsp3) is 0.238. The van der Waals surface area contributed by atoms with Crippen molar-refractivity contribution in [2.24, 2.45) is 0 Å². The van der Waals surface area contributed by atoms with Gasteiger partial charge in [0.15, 0.2) is 0 Å². The minimum atomic E-state index is -0.722. The molecular formula is C21H20F2N4O2. The summed E-state index contributed by atoms with van der Waals surface area (Å²) in [5.41, 5.74) is 1.26. The molecule has 6 nitrogen and oxygen atoms in total. The summed E-state index contributed by atoms with van der Waals surface area (Å²) in [5, 5.41) is 11.1. The Kier molecular flexibility index (Phi) is 5.16. The molecule has 0 spiro atoms. The maximum Gasteiger partial charge on any atom is 0.318 e. The van der Waals surface area contributed by atoms with Crippen LogP contribution in [0.5, 0.6) is 5.75 Å². The molecule has 1 aromatic heterocycles. The molecule has 1 unspecified atom stereocenters. The molecule has 1 aliphatic heterocycles. The van der Waals surface area contributed by atoms with Gasteiger partial charge in [-0.05, 0) is 47.5 Å². The highest BCUT2D eigenvalue weighted by atomic mass is 19.1. The van der Waals surface area contributed by atoms with Crippen LogP contribution in [0.4, 0.5) is 13.6 Å². The Morgan fingerprint density at radius 3 is 2.72 bits per heavy atom. The predicted octanol–water partition coefficient (Wildman–Crippen LogP) is 4.00. The summed E-state index contributed by atoms with van der Waals surface area (Å²) < 4.78 is 32.9. The van der Waals surface area contributed by atoms with E-state index in [2.05, 4.69) is 10.3 Å². The van der Waals surface area contributed by atoms with Crippen LogP contribution in [-0.2, 0) is 0 Å². The Bertz CT molecular complexity index is 1030. The quantitative estimate of drug-likeness (QED) is 0.549. The zero-order chi connectivity index (χ0) is 20.4. The Balaban J connectivity index is 1.34. The van der Waals surface area contributed by atoms with Crippen LogP contribution in [0.25, 0.3) is 10.9 Å². The van der Waals surface area contributed by atoms with Crippen LogP contribution >= 0.6 is 0 Å². The first kappa shape index (κ1) is 18.9. The molecule has 4 rings (SSSR count). The number of benzene rings is 2. The number of nitrogens with one attached hydrogen (secondary N) is 3. The molecule has 8 heteroatoms. The minimum Gasteiger partial charge on any atom is -0.487 e. The number of amides is 2. The number of aromatic amines is 1. The molecule has 2 aromatic carbocycles. The molecule has 1 aliphatic rings. The Morgan fingerprint density at radius 1 is 1.24 bits per heavy atom. The highest BCUT2D eigenvalue weighted by molar-refractivity contribution is 5.80. The normalized spacial score (nSPS) is 15.0. The fourth-order valence-electron chi connectivity index (χ4n) is 3.38.